The van der Waals surface area contributed by atoms with Gasteiger partial charge in [0.25, 0.3) is 0 Å². The molecular formula is C28H28F3NO4. The second-order valence-corrected chi connectivity index (χ2v) is 9.38. The van der Waals surface area contributed by atoms with Crippen LogP contribution in [0.1, 0.15) is 47.9 Å². The highest BCUT2D eigenvalue weighted by atomic mass is 19.4. The maximum atomic E-state index is 13.1. The number of methoxy groups -OCH3 is 1. The topological polar surface area (TPSA) is 55.8 Å². The number of rotatable bonds is 3. The van der Waals surface area contributed by atoms with Gasteiger partial charge in [0.05, 0.1) is 19.1 Å². The van der Waals surface area contributed by atoms with E-state index in [-0.39, 0.29) is 23.9 Å². The fourth-order valence-electron chi connectivity index (χ4n) is 5.33. The number of hydrogen-bond acceptors (Lipinski definition) is 4. The molecule has 0 radical (unpaired) electrons. The first kappa shape index (κ1) is 25.6. The Labute approximate surface area is 208 Å². The second-order valence-electron chi connectivity index (χ2n) is 9.38. The molecule has 0 bridgehead atoms. The van der Waals surface area contributed by atoms with Gasteiger partial charge in [-0.05, 0) is 67.9 Å². The van der Waals surface area contributed by atoms with Crippen LogP contribution in [0.3, 0.4) is 0 Å². The summed E-state index contributed by atoms with van der Waals surface area (Å²) in [6.45, 7) is 2.42. The molecule has 2 fully saturated rings. The van der Waals surface area contributed by atoms with E-state index in [9.17, 15) is 22.8 Å². The van der Waals surface area contributed by atoms with E-state index >= 15 is 0 Å². The second kappa shape index (κ2) is 10.3. The number of fused-ring (bicyclic) bond motifs is 1. The molecule has 0 aromatic heterocycles. The third kappa shape index (κ3) is 5.51. The Morgan fingerprint density at radius 2 is 1.92 bits per heavy atom. The maximum Gasteiger partial charge on any atom is 0.416 e. The summed E-state index contributed by atoms with van der Waals surface area (Å²) < 4.78 is 50.4. The zero-order valence-corrected chi connectivity index (χ0v) is 20.2. The van der Waals surface area contributed by atoms with Gasteiger partial charge in [-0.25, -0.2) is 4.79 Å². The smallest absolute Gasteiger partial charge is 0.416 e. The molecule has 1 aliphatic carbocycles. The predicted octanol–water partition coefficient (Wildman–Crippen LogP) is 5.53. The fraction of sp³-hybridized carbons (Fsp3) is 0.429. The molecular weight excluding hydrogens is 471 g/mol. The molecule has 36 heavy (non-hydrogen) atoms. The largest absolute Gasteiger partial charge is 0.453 e. The number of likely N-dealkylation sites (tertiary alicyclic amines) is 1. The molecule has 2 aromatic carbocycles. The third-order valence-electron chi connectivity index (χ3n) is 6.94. The number of nitrogens with zero attached hydrogens (tertiary/aromatic N) is 1. The van der Waals surface area contributed by atoms with Crippen molar-refractivity contribution < 1.29 is 32.2 Å². The lowest BCUT2D eigenvalue weighted by Gasteiger charge is -2.42. The van der Waals surface area contributed by atoms with Crippen LogP contribution in [0.5, 0.6) is 0 Å². The Balaban J connectivity index is 1.64. The van der Waals surface area contributed by atoms with E-state index < -0.39 is 29.4 Å². The average Bonchev–Trinajstić information content (AvgIpc) is 3.28. The lowest BCUT2D eigenvalue weighted by molar-refractivity contribution is -0.162. The van der Waals surface area contributed by atoms with Crippen molar-refractivity contribution >= 4 is 12.1 Å². The van der Waals surface area contributed by atoms with E-state index in [0.29, 0.717) is 25.8 Å². The van der Waals surface area contributed by atoms with Crippen molar-refractivity contribution in [1.82, 2.24) is 4.90 Å². The van der Waals surface area contributed by atoms with E-state index in [1.54, 1.807) is 4.90 Å². The number of aryl methyl sites for hydroxylation is 1. The summed E-state index contributed by atoms with van der Waals surface area (Å²) in [4.78, 5) is 27.1. The molecule has 1 saturated carbocycles. The van der Waals surface area contributed by atoms with Crippen LogP contribution in [-0.4, -0.2) is 42.3 Å². The summed E-state index contributed by atoms with van der Waals surface area (Å²) in [5.41, 5.74) is 0.0502. The van der Waals surface area contributed by atoms with Crippen molar-refractivity contribution in [2.24, 2.45) is 5.92 Å². The standard InChI is InChI=1S/C28H28F3NO4/c1-19-6-3-7-20(16-19)11-14-27(13-5-10-24-23(27)12-15-32(24)26(34)35-2)36-25(33)18-21-8-4-9-22(17-21)28(29,30)31/h3-4,6-9,16-17,23-24H,5,10,12-13,15,18H2,1-2H3. The van der Waals surface area contributed by atoms with Crippen LogP contribution in [0, 0.1) is 24.7 Å². The summed E-state index contributed by atoms with van der Waals surface area (Å²) >= 11 is 0. The minimum absolute atomic E-state index is 0.195. The Morgan fingerprint density at radius 1 is 1.14 bits per heavy atom. The first-order chi connectivity index (χ1) is 17.1. The maximum absolute atomic E-state index is 13.1. The summed E-state index contributed by atoms with van der Waals surface area (Å²) in [7, 11) is 1.33. The molecule has 1 heterocycles. The summed E-state index contributed by atoms with van der Waals surface area (Å²) in [6.07, 6.45) is -2.77. The van der Waals surface area contributed by atoms with Gasteiger partial charge >= 0.3 is 18.2 Å². The van der Waals surface area contributed by atoms with E-state index in [1.807, 2.05) is 31.2 Å². The molecule has 4 rings (SSSR count). The van der Waals surface area contributed by atoms with Gasteiger partial charge in [-0.2, -0.15) is 13.2 Å². The summed E-state index contributed by atoms with van der Waals surface area (Å²) in [6, 6.07) is 12.1. The molecule has 190 valence electrons. The van der Waals surface area contributed by atoms with Gasteiger partial charge in [-0.1, -0.05) is 36.3 Å². The molecule has 3 unspecified atom stereocenters. The van der Waals surface area contributed by atoms with Gasteiger partial charge < -0.3 is 14.4 Å². The number of benzene rings is 2. The van der Waals surface area contributed by atoms with Gasteiger partial charge in [0.2, 0.25) is 0 Å². The number of amides is 1. The van der Waals surface area contributed by atoms with E-state index in [4.69, 9.17) is 9.47 Å². The molecule has 0 N–H and O–H groups in total. The lowest BCUT2D eigenvalue weighted by Crippen LogP contribution is -2.52. The molecule has 1 saturated heterocycles. The van der Waals surface area contributed by atoms with E-state index in [0.717, 1.165) is 29.7 Å². The number of carbonyl (C=O) groups excluding carboxylic acids is 2. The van der Waals surface area contributed by atoms with Crippen molar-refractivity contribution in [3.63, 3.8) is 0 Å². The van der Waals surface area contributed by atoms with Gasteiger partial charge in [0.1, 0.15) is 0 Å². The Morgan fingerprint density at radius 3 is 2.64 bits per heavy atom. The van der Waals surface area contributed by atoms with Gasteiger partial charge in [0.15, 0.2) is 5.60 Å². The minimum Gasteiger partial charge on any atom is -0.453 e. The highest BCUT2D eigenvalue weighted by Crippen LogP contribution is 2.45. The summed E-state index contributed by atoms with van der Waals surface area (Å²) in [5.74, 6) is 5.51. The molecule has 5 nitrogen and oxygen atoms in total. The van der Waals surface area contributed by atoms with Crippen LogP contribution in [0.15, 0.2) is 48.5 Å². The fourth-order valence-corrected chi connectivity index (χ4v) is 5.33. The van der Waals surface area contributed by atoms with Crippen molar-refractivity contribution in [3.8, 4) is 11.8 Å². The van der Waals surface area contributed by atoms with Crippen LogP contribution >= 0.6 is 0 Å². The van der Waals surface area contributed by atoms with Crippen molar-refractivity contribution in [2.45, 2.75) is 56.8 Å². The Bertz CT molecular complexity index is 1200. The Hall–Kier alpha value is -3.47. The van der Waals surface area contributed by atoms with Crippen LogP contribution in [0.4, 0.5) is 18.0 Å². The van der Waals surface area contributed by atoms with Crippen LogP contribution < -0.4 is 0 Å². The predicted molar refractivity (Wildman–Crippen MR) is 127 cm³/mol. The molecule has 0 spiro atoms. The van der Waals surface area contributed by atoms with E-state index in [1.165, 1.54) is 19.2 Å². The first-order valence-corrected chi connectivity index (χ1v) is 11.9. The molecule has 2 aromatic rings. The highest BCUT2D eigenvalue weighted by molar-refractivity contribution is 5.74. The number of ether oxygens (including phenoxy) is 2. The molecule has 2 aliphatic rings. The van der Waals surface area contributed by atoms with Crippen LogP contribution in [0.25, 0.3) is 0 Å². The van der Waals surface area contributed by atoms with Crippen LogP contribution in [-0.2, 0) is 26.9 Å². The number of esters is 1. The third-order valence-corrected chi connectivity index (χ3v) is 6.94. The average molecular weight is 500 g/mol. The normalized spacial score (nSPS) is 23.3. The molecule has 8 heteroatoms. The van der Waals surface area contributed by atoms with Gasteiger partial charge in [-0.15, -0.1) is 0 Å². The number of alkyl halides is 3. The zero-order chi connectivity index (χ0) is 25.9. The van der Waals surface area contributed by atoms with Crippen molar-refractivity contribution in [3.05, 3.63) is 70.8 Å². The van der Waals surface area contributed by atoms with Gasteiger partial charge in [-0.3, -0.25) is 4.79 Å². The number of hydrogen-bond donors (Lipinski definition) is 0. The van der Waals surface area contributed by atoms with Crippen molar-refractivity contribution in [2.75, 3.05) is 13.7 Å². The summed E-state index contributed by atoms with van der Waals surface area (Å²) in [5, 5.41) is 0. The van der Waals surface area contributed by atoms with Crippen molar-refractivity contribution in [1.29, 1.82) is 0 Å². The minimum atomic E-state index is -4.50. The monoisotopic (exact) mass is 499 g/mol. The van der Waals surface area contributed by atoms with Gasteiger partial charge in [0, 0.05) is 24.1 Å². The number of halogens is 3. The highest BCUT2D eigenvalue weighted by Gasteiger charge is 2.53. The quantitative estimate of drug-likeness (QED) is 0.412. The molecule has 1 amide bonds. The SMILES string of the molecule is COC(=O)N1CCC2C1CCCC2(C#Cc1cccc(C)c1)OC(=O)Cc1cccc(C(F)(F)F)c1. The molecule has 3 atom stereocenters. The Kier molecular flexibility index (Phi) is 7.30. The lowest BCUT2D eigenvalue weighted by atomic mass is 9.72. The van der Waals surface area contributed by atoms with Crippen LogP contribution in [0.2, 0.25) is 0 Å². The first-order valence-electron chi connectivity index (χ1n) is 11.9. The number of carbonyl (C=O) groups is 2. The zero-order valence-electron chi connectivity index (χ0n) is 20.2. The molecule has 1 aliphatic heterocycles. The van der Waals surface area contributed by atoms with E-state index in [2.05, 4.69) is 11.8 Å².